The van der Waals surface area contributed by atoms with Crippen molar-refractivity contribution in [1.29, 1.82) is 0 Å². The van der Waals surface area contributed by atoms with Gasteiger partial charge in [-0.1, -0.05) is 6.07 Å². The maximum Gasteiger partial charge on any atom is 0.175 e. The van der Waals surface area contributed by atoms with Gasteiger partial charge in [0, 0.05) is 23.5 Å². The van der Waals surface area contributed by atoms with Crippen molar-refractivity contribution < 1.29 is 4.79 Å². The fourth-order valence-corrected chi connectivity index (χ4v) is 1.33. The van der Waals surface area contributed by atoms with Crippen molar-refractivity contribution in [2.75, 3.05) is 5.73 Å². The molecule has 0 radical (unpaired) electrons. The number of rotatable bonds is 1. The van der Waals surface area contributed by atoms with E-state index in [0.29, 0.717) is 11.4 Å². The number of nitrogens with two attached hydrogens (primary N) is 1. The molecule has 2 rings (SSSR count). The lowest BCUT2D eigenvalue weighted by molar-refractivity contribution is 0.101. The predicted molar refractivity (Wildman–Crippen MR) is 52.7 cm³/mol. The van der Waals surface area contributed by atoms with E-state index in [2.05, 4.69) is 4.98 Å². The van der Waals surface area contributed by atoms with Gasteiger partial charge in [0.15, 0.2) is 5.78 Å². The molecule has 0 aliphatic rings. The summed E-state index contributed by atoms with van der Waals surface area (Å²) in [6, 6.07) is 7.37. The highest BCUT2D eigenvalue weighted by Gasteiger charge is 2.03. The number of hydrogen-bond donors (Lipinski definition) is 2. The fourth-order valence-electron chi connectivity index (χ4n) is 1.33. The van der Waals surface area contributed by atoms with E-state index in [1.807, 2.05) is 24.3 Å². The minimum absolute atomic E-state index is 0.0368. The van der Waals surface area contributed by atoms with Crippen molar-refractivity contribution >= 4 is 22.4 Å². The molecule has 66 valence electrons. The van der Waals surface area contributed by atoms with Gasteiger partial charge in [-0.15, -0.1) is 0 Å². The summed E-state index contributed by atoms with van der Waals surface area (Å²) in [5, 5.41) is 1.01. The molecular weight excluding hydrogens is 164 g/mol. The molecule has 1 aromatic heterocycles. The van der Waals surface area contributed by atoms with Gasteiger partial charge in [-0.3, -0.25) is 4.79 Å². The Morgan fingerprint density at radius 3 is 2.85 bits per heavy atom. The van der Waals surface area contributed by atoms with Gasteiger partial charge in [-0.05, 0) is 18.2 Å². The van der Waals surface area contributed by atoms with Gasteiger partial charge in [0.2, 0.25) is 0 Å². The number of carbonyl (C=O) groups excluding carboxylic acids is 1. The van der Waals surface area contributed by atoms with E-state index in [9.17, 15) is 4.79 Å². The molecule has 0 amide bonds. The largest absolute Gasteiger partial charge is 0.399 e. The molecule has 3 nitrogen and oxygen atoms in total. The summed E-state index contributed by atoms with van der Waals surface area (Å²) in [5.74, 6) is 0.0368. The van der Waals surface area contributed by atoms with E-state index in [4.69, 9.17) is 5.73 Å². The van der Waals surface area contributed by atoms with E-state index >= 15 is 0 Å². The third kappa shape index (κ3) is 1.28. The summed E-state index contributed by atoms with van der Waals surface area (Å²) in [6.45, 7) is 1.54. The second kappa shape index (κ2) is 2.62. The number of aromatic nitrogens is 1. The Kier molecular flexibility index (Phi) is 1.59. The fraction of sp³-hybridized carbons (Fsp3) is 0.100. The number of fused-ring (bicyclic) bond motifs is 1. The molecule has 3 heteroatoms. The first-order chi connectivity index (χ1) is 6.16. The molecule has 0 aliphatic carbocycles. The van der Waals surface area contributed by atoms with Crippen molar-refractivity contribution in [2.45, 2.75) is 6.92 Å². The number of ketones is 1. The van der Waals surface area contributed by atoms with Gasteiger partial charge in [0.25, 0.3) is 0 Å². The van der Waals surface area contributed by atoms with Crippen LogP contribution in [0, 0.1) is 0 Å². The number of H-pyrrole nitrogens is 1. The number of nitrogens with one attached hydrogen (secondary N) is 1. The van der Waals surface area contributed by atoms with E-state index in [-0.39, 0.29) is 5.78 Å². The van der Waals surface area contributed by atoms with Crippen LogP contribution in [0.3, 0.4) is 0 Å². The van der Waals surface area contributed by atoms with Crippen molar-refractivity contribution in [2.24, 2.45) is 0 Å². The SMILES string of the molecule is CC(=O)c1cc2ccc(N)cc2[nH]1. The van der Waals surface area contributed by atoms with E-state index in [0.717, 1.165) is 10.9 Å². The molecule has 0 aliphatic heterocycles. The molecule has 1 aromatic carbocycles. The zero-order chi connectivity index (χ0) is 9.42. The van der Waals surface area contributed by atoms with Crippen LogP contribution in [-0.2, 0) is 0 Å². The molecule has 0 saturated carbocycles. The number of Topliss-reactive ketones (excluding diaryl/α,β-unsaturated/α-hetero) is 1. The molecule has 0 bridgehead atoms. The van der Waals surface area contributed by atoms with Crippen LogP contribution in [0.2, 0.25) is 0 Å². The van der Waals surface area contributed by atoms with Crippen LogP contribution >= 0.6 is 0 Å². The number of carbonyl (C=O) groups is 1. The quantitative estimate of drug-likeness (QED) is 0.512. The highest BCUT2D eigenvalue weighted by atomic mass is 16.1. The zero-order valence-electron chi connectivity index (χ0n) is 7.29. The normalized spacial score (nSPS) is 10.5. The zero-order valence-corrected chi connectivity index (χ0v) is 7.29. The molecule has 0 fully saturated rings. The smallest absolute Gasteiger partial charge is 0.175 e. The number of aromatic amines is 1. The maximum absolute atomic E-state index is 11.0. The number of nitrogen functional groups attached to an aromatic ring is 1. The van der Waals surface area contributed by atoms with Crippen LogP contribution < -0.4 is 5.73 Å². The third-order valence-corrected chi connectivity index (χ3v) is 2.03. The van der Waals surface area contributed by atoms with Gasteiger partial charge in [-0.2, -0.15) is 0 Å². The number of hydrogen-bond acceptors (Lipinski definition) is 2. The standard InChI is InChI=1S/C10H10N2O/c1-6(13)9-4-7-2-3-8(11)5-10(7)12-9/h2-5,12H,11H2,1H3. The topological polar surface area (TPSA) is 58.9 Å². The molecule has 2 aromatic rings. The van der Waals surface area contributed by atoms with Crippen molar-refractivity contribution in [3.63, 3.8) is 0 Å². The predicted octanol–water partition coefficient (Wildman–Crippen LogP) is 1.95. The molecule has 0 spiro atoms. The lowest BCUT2D eigenvalue weighted by atomic mass is 10.2. The molecule has 13 heavy (non-hydrogen) atoms. The monoisotopic (exact) mass is 174 g/mol. The first-order valence-electron chi connectivity index (χ1n) is 4.06. The molecule has 0 unspecified atom stereocenters. The Balaban J connectivity index is 2.68. The van der Waals surface area contributed by atoms with Crippen molar-refractivity contribution in [3.8, 4) is 0 Å². The molecule has 1 heterocycles. The number of benzene rings is 1. The summed E-state index contributed by atoms with van der Waals surface area (Å²) < 4.78 is 0. The van der Waals surface area contributed by atoms with Gasteiger partial charge < -0.3 is 10.7 Å². The van der Waals surface area contributed by atoms with Gasteiger partial charge in [0.05, 0.1) is 5.69 Å². The Morgan fingerprint density at radius 2 is 2.15 bits per heavy atom. The molecule has 0 saturated heterocycles. The summed E-state index contributed by atoms with van der Waals surface area (Å²) in [5.41, 5.74) is 7.84. The summed E-state index contributed by atoms with van der Waals surface area (Å²) in [6.07, 6.45) is 0. The summed E-state index contributed by atoms with van der Waals surface area (Å²) in [7, 11) is 0. The van der Waals surface area contributed by atoms with Crippen LogP contribution in [0.15, 0.2) is 24.3 Å². The minimum atomic E-state index is 0.0368. The highest BCUT2D eigenvalue weighted by molar-refractivity contribution is 5.98. The Labute approximate surface area is 75.6 Å². The molecular formula is C10H10N2O. The Hall–Kier alpha value is -1.77. The lowest BCUT2D eigenvalue weighted by Crippen LogP contribution is -1.90. The Morgan fingerprint density at radius 1 is 1.38 bits per heavy atom. The van der Waals surface area contributed by atoms with E-state index in [1.54, 1.807) is 0 Å². The minimum Gasteiger partial charge on any atom is -0.399 e. The second-order valence-electron chi connectivity index (χ2n) is 3.09. The van der Waals surface area contributed by atoms with Gasteiger partial charge >= 0.3 is 0 Å². The third-order valence-electron chi connectivity index (χ3n) is 2.03. The summed E-state index contributed by atoms with van der Waals surface area (Å²) >= 11 is 0. The highest BCUT2D eigenvalue weighted by Crippen LogP contribution is 2.18. The van der Waals surface area contributed by atoms with Crippen LogP contribution in [0.1, 0.15) is 17.4 Å². The second-order valence-corrected chi connectivity index (χ2v) is 3.09. The van der Waals surface area contributed by atoms with Crippen LogP contribution in [-0.4, -0.2) is 10.8 Å². The van der Waals surface area contributed by atoms with E-state index < -0.39 is 0 Å². The van der Waals surface area contributed by atoms with Crippen LogP contribution in [0.25, 0.3) is 10.9 Å². The molecule has 0 atom stereocenters. The summed E-state index contributed by atoms with van der Waals surface area (Å²) in [4.78, 5) is 14.0. The van der Waals surface area contributed by atoms with Crippen LogP contribution in [0.4, 0.5) is 5.69 Å². The average molecular weight is 174 g/mol. The maximum atomic E-state index is 11.0. The van der Waals surface area contributed by atoms with E-state index in [1.165, 1.54) is 6.92 Å². The van der Waals surface area contributed by atoms with Gasteiger partial charge in [0.1, 0.15) is 0 Å². The van der Waals surface area contributed by atoms with Crippen molar-refractivity contribution in [1.82, 2.24) is 4.98 Å². The molecule has 3 N–H and O–H groups in total. The van der Waals surface area contributed by atoms with Crippen LogP contribution in [0.5, 0.6) is 0 Å². The first kappa shape index (κ1) is 7.86. The Bertz CT molecular complexity index is 471. The first-order valence-corrected chi connectivity index (χ1v) is 4.06. The average Bonchev–Trinajstić information content (AvgIpc) is 2.46. The van der Waals surface area contributed by atoms with Crippen molar-refractivity contribution in [3.05, 3.63) is 30.0 Å². The lowest BCUT2D eigenvalue weighted by Gasteiger charge is -1.91. The van der Waals surface area contributed by atoms with Gasteiger partial charge in [-0.25, -0.2) is 0 Å². The number of anilines is 1.